The topological polar surface area (TPSA) is 57.6 Å². The highest BCUT2D eigenvalue weighted by molar-refractivity contribution is 9.10. The third kappa shape index (κ3) is 3.53. The van der Waals surface area contributed by atoms with Gasteiger partial charge in [0.15, 0.2) is 0 Å². The maximum absolute atomic E-state index is 13.0. The molecule has 0 aromatic heterocycles. The van der Waals surface area contributed by atoms with Gasteiger partial charge in [0, 0.05) is 7.05 Å². The van der Waals surface area contributed by atoms with Gasteiger partial charge in [-0.25, -0.2) is 9.18 Å². The number of halogens is 2. The van der Waals surface area contributed by atoms with Gasteiger partial charge in [0.1, 0.15) is 11.9 Å². The number of aliphatic carboxylic acids is 1. The van der Waals surface area contributed by atoms with Crippen LogP contribution in [-0.2, 0) is 16.0 Å². The Hall–Kier alpha value is -1.43. The Morgan fingerprint density at radius 1 is 1.50 bits per heavy atom. The molecule has 1 atom stereocenters. The summed E-state index contributed by atoms with van der Waals surface area (Å²) >= 11 is 3.03. The van der Waals surface area contributed by atoms with Gasteiger partial charge in [0.05, 0.1) is 10.9 Å². The Kier molecular flexibility index (Phi) is 4.84. The highest BCUT2D eigenvalue weighted by Gasteiger charge is 2.21. The molecule has 0 bridgehead atoms. The first-order valence-corrected chi connectivity index (χ1v) is 6.04. The summed E-state index contributed by atoms with van der Waals surface area (Å²) < 4.78 is 13.3. The zero-order chi connectivity index (χ0) is 13.9. The van der Waals surface area contributed by atoms with Crippen LogP contribution in [0.3, 0.4) is 0 Å². The average molecular weight is 318 g/mol. The minimum atomic E-state index is -1.06. The summed E-state index contributed by atoms with van der Waals surface area (Å²) in [6.45, 7) is 1.43. The number of carbonyl (C=O) groups is 2. The lowest BCUT2D eigenvalue weighted by Gasteiger charge is -2.21. The number of amides is 1. The molecule has 0 aliphatic heterocycles. The lowest BCUT2D eigenvalue weighted by molar-refractivity contribution is -0.147. The summed E-state index contributed by atoms with van der Waals surface area (Å²) in [5.41, 5.74) is 0.623. The second-order valence-corrected chi connectivity index (χ2v) is 4.80. The quantitative estimate of drug-likeness (QED) is 0.924. The van der Waals surface area contributed by atoms with E-state index in [0.717, 1.165) is 4.90 Å². The van der Waals surface area contributed by atoms with Crippen LogP contribution in [0.5, 0.6) is 0 Å². The Balaban J connectivity index is 2.75. The minimum absolute atomic E-state index is 0.0347. The monoisotopic (exact) mass is 317 g/mol. The van der Waals surface area contributed by atoms with Gasteiger partial charge in [-0.15, -0.1) is 0 Å². The Bertz CT molecular complexity index is 478. The molecule has 0 aliphatic carbocycles. The van der Waals surface area contributed by atoms with Crippen molar-refractivity contribution in [2.75, 3.05) is 7.05 Å². The van der Waals surface area contributed by atoms with E-state index in [9.17, 15) is 14.0 Å². The molecule has 0 radical (unpaired) electrons. The van der Waals surface area contributed by atoms with E-state index in [-0.39, 0.29) is 16.8 Å². The van der Waals surface area contributed by atoms with Crippen molar-refractivity contribution in [1.82, 2.24) is 4.90 Å². The van der Waals surface area contributed by atoms with Crippen molar-refractivity contribution >= 4 is 27.8 Å². The fraction of sp³-hybridized carbons (Fsp3) is 0.333. The van der Waals surface area contributed by atoms with Gasteiger partial charge in [-0.05, 0) is 40.5 Å². The molecule has 0 fully saturated rings. The van der Waals surface area contributed by atoms with Crippen LogP contribution in [0.25, 0.3) is 0 Å². The second-order valence-electron chi connectivity index (χ2n) is 3.94. The molecule has 4 nitrogen and oxygen atoms in total. The van der Waals surface area contributed by atoms with Crippen LogP contribution >= 0.6 is 15.9 Å². The van der Waals surface area contributed by atoms with Crippen molar-refractivity contribution in [3.05, 3.63) is 34.1 Å². The fourth-order valence-corrected chi connectivity index (χ4v) is 1.76. The van der Waals surface area contributed by atoms with Crippen LogP contribution in [0.2, 0.25) is 0 Å². The number of hydrogen-bond acceptors (Lipinski definition) is 2. The van der Waals surface area contributed by atoms with E-state index in [1.807, 2.05) is 0 Å². The van der Waals surface area contributed by atoms with E-state index in [0.29, 0.717) is 5.56 Å². The number of likely N-dealkylation sites (N-methyl/N-ethyl adjacent to an activating group) is 1. The highest BCUT2D eigenvalue weighted by atomic mass is 79.9. The molecule has 1 rings (SSSR count). The molecule has 6 heteroatoms. The summed E-state index contributed by atoms with van der Waals surface area (Å²) in [5, 5.41) is 8.80. The lowest BCUT2D eigenvalue weighted by Crippen LogP contribution is -2.41. The summed E-state index contributed by atoms with van der Waals surface area (Å²) in [7, 11) is 1.43. The molecule has 0 saturated heterocycles. The molecule has 98 valence electrons. The molecule has 0 saturated carbocycles. The van der Waals surface area contributed by atoms with Crippen LogP contribution < -0.4 is 0 Å². The molecule has 1 N–H and O–H groups in total. The normalized spacial score (nSPS) is 12.0. The van der Waals surface area contributed by atoms with Gasteiger partial charge in [0.25, 0.3) is 0 Å². The van der Waals surface area contributed by atoms with Crippen molar-refractivity contribution in [3.63, 3.8) is 0 Å². The summed E-state index contributed by atoms with van der Waals surface area (Å²) in [4.78, 5) is 23.7. The number of rotatable bonds is 4. The highest BCUT2D eigenvalue weighted by Crippen LogP contribution is 2.17. The standard InChI is InChI=1S/C12H13BrFNO3/c1-7(12(17)18)15(2)11(16)6-8-3-4-10(14)9(13)5-8/h3-5,7H,6H2,1-2H3,(H,17,18). The van der Waals surface area contributed by atoms with Crippen LogP contribution in [0.15, 0.2) is 22.7 Å². The molecule has 0 spiro atoms. The summed E-state index contributed by atoms with van der Waals surface area (Å²) in [6, 6.07) is 3.37. The Morgan fingerprint density at radius 2 is 2.11 bits per heavy atom. The fourth-order valence-electron chi connectivity index (χ4n) is 1.33. The van der Waals surface area contributed by atoms with Crippen molar-refractivity contribution in [2.24, 2.45) is 0 Å². The van der Waals surface area contributed by atoms with E-state index in [1.54, 1.807) is 0 Å². The van der Waals surface area contributed by atoms with Gasteiger partial charge in [-0.3, -0.25) is 4.79 Å². The van der Waals surface area contributed by atoms with E-state index >= 15 is 0 Å². The van der Waals surface area contributed by atoms with Gasteiger partial charge in [-0.1, -0.05) is 6.07 Å². The van der Waals surface area contributed by atoms with E-state index in [1.165, 1.54) is 32.2 Å². The summed E-state index contributed by atoms with van der Waals surface area (Å²) in [6.07, 6.45) is 0.0347. The number of carboxylic acids is 1. The summed E-state index contributed by atoms with van der Waals surface area (Å²) in [5.74, 6) is -1.80. The molecule has 0 aliphatic rings. The maximum Gasteiger partial charge on any atom is 0.326 e. The van der Waals surface area contributed by atoms with Crippen molar-refractivity contribution in [2.45, 2.75) is 19.4 Å². The number of nitrogens with zero attached hydrogens (tertiary/aromatic N) is 1. The molecule has 0 heterocycles. The predicted octanol–water partition coefficient (Wildman–Crippen LogP) is 2.06. The number of carboxylic acid groups (broad SMARTS) is 1. The van der Waals surface area contributed by atoms with Crippen LogP contribution in [-0.4, -0.2) is 35.0 Å². The van der Waals surface area contributed by atoms with E-state index < -0.39 is 17.8 Å². The average Bonchev–Trinajstić information content (AvgIpc) is 2.31. The second kappa shape index (κ2) is 5.95. The number of hydrogen-bond donors (Lipinski definition) is 1. The Morgan fingerprint density at radius 3 is 2.61 bits per heavy atom. The SMILES string of the molecule is CC(C(=O)O)N(C)C(=O)Cc1ccc(F)c(Br)c1. The molecule has 1 unspecified atom stereocenters. The number of benzene rings is 1. The third-order valence-corrected chi connectivity index (χ3v) is 3.28. The first-order valence-electron chi connectivity index (χ1n) is 5.25. The van der Waals surface area contributed by atoms with Crippen LogP contribution in [0.1, 0.15) is 12.5 Å². The van der Waals surface area contributed by atoms with Gasteiger partial charge in [0.2, 0.25) is 5.91 Å². The third-order valence-electron chi connectivity index (χ3n) is 2.67. The smallest absolute Gasteiger partial charge is 0.326 e. The Labute approximate surface area is 113 Å². The van der Waals surface area contributed by atoms with Crippen LogP contribution in [0, 0.1) is 5.82 Å². The van der Waals surface area contributed by atoms with Gasteiger partial charge in [-0.2, -0.15) is 0 Å². The first kappa shape index (κ1) is 14.6. The van der Waals surface area contributed by atoms with E-state index in [4.69, 9.17) is 5.11 Å². The van der Waals surface area contributed by atoms with Crippen molar-refractivity contribution < 1.29 is 19.1 Å². The molecular weight excluding hydrogens is 305 g/mol. The van der Waals surface area contributed by atoms with E-state index in [2.05, 4.69) is 15.9 Å². The molecular formula is C12H13BrFNO3. The zero-order valence-electron chi connectivity index (χ0n) is 9.98. The molecule has 1 amide bonds. The lowest BCUT2D eigenvalue weighted by atomic mass is 10.1. The first-order chi connectivity index (χ1) is 8.32. The van der Waals surface area contributed by atoms with Crippen LogP contribution in [0.4, 0.5) is 4.39 Å². The van der Waals surface area contributed by atoms with Gasteiger partial charge >= 0.3 is 5.97 Å². The molecule has 1 aromatic carbocycles. The van der Waals surface area contributed by atoms with Crippen molar-refractivity contribution in [1.29, 1.82) is 0 Å². The maximum atomic E-state index is 13.0. The molecule has 18 heavy (non-hydrogen) atoms. The predicted molar refractivity (Wildman–Crippen MR) is 67.7 cm³/mol. The zero-order valence-corrected chi connectivity index (χ0v) is 11.6. The van der Waals surface area contributed by atoms with Gasteiger partial charge < -0.3 is 10.0 Å². The van der Waals surface area contributed by atoms with Crippen molar-refractivity contribution in [3.8, 4) is 0 Å². The number of carbonyl (C=O) groups excluding carboxylic acids is 1. The minimum Gasteiger partial charge on any atom is -0.480 e. The largest absolute Gasteiger partial charge is 0.480 e. The molecule has 1 aromatic rings.